The molecular weight excluding hydrogens is 290 g/mol. The van der Waals surface area contributed by atoms with Crippen LogP contribution in [0.25, 0.3) is 0 Å². The highest BCUT2D eigenvalue weighted by Gasteiger charge is 2.04. The Balaban J connectivity index is 1.77. The van der Waals surface area contributed by atoms with Crippen molar-refractivity contribution in [2.75, 3.05) is 24.7 Å². The number of ether oxygens (including phenoxy) is 1. The Morgan fingerprint density at radius 3 is 2.85 bits per heavy atom. The molecule has 0 unspecified atom stereocenters. The molecule has 2 aromatic rings. The summed E-state index contributed by atoms with van der Waals surface area (Å²) < 4.78 is 6.13. The lowest BCUT2D eigenvalue weighted by Crippen LogP contribution is -1.96. The Kier molecular flexibility index (Phi) is 5.88. The highest BCUT2D eigenvalue weighted by molar-refractivity contribution is 8.01. The molecule has 0 saturated heterocycles. The Morgan fingerprint density at radius 1 is 1.35 bits per heavy atom. The number of methoxy groups -OCH3 is 1. The van der Waals surface area contributed by atoms with Gasteiger partial charge in [0.25, 0.3) is 0 Å². The summed E-state index contributed by atoms with van der Waals surface area (Å²) in [7, 11) is 1.68. The predicted octanol–water partition coefficient (Wildman–Crippen LogP) is 3.48. The molecule has 0 bridgehead atoms. The standard InChI is InChI=1S/C14H17N3OS2/c1-3-9-15-13-16-17-14(20-13)19-10-8-11-4-6-12(18-2)7-5-11/h3-7H,1,8-10H2,2H3,(H,15,16). The van der Waals surface area contributed by atoms with Crippen LogP contribution in [0.4, 0.5) is 5.13 Å². The van der Waals surface area contributed by atoms with Gasteiger partial charge in [-0.2, -0.15) is 0 Å². The van der Waals surface area contributed by atoms with Gasteiger partial charge in [0.2, 0.25) is 5.13 Å². The molecule has 0 spiro atoms. The number of rotatable bonds is 8. The molecule has 1 aromatic heterocycles. The molecule has 0 saturated carbocycles. The van der Waals surface area contributed by atoms with Crippen LogP contribution in [0.5, 0.6) is 5.75 Å². The molecular formula is C14H17N3OS2. The molecule has 0 fully saturated rings. The second-order valence-electron chi connectivity index (χ2n) is 3.99. The second-order valence-corrected chi connectivity index (χ2v) is 6.31. The average Bonchev–Trinajstić information content (AvgIpc) is 2.94. The van der Waals surface area contributed by atoms with Crippen LogP contribution in [0.1, 0.15) is 5.56 Å². The van der Waals surface area contributed by atoms with E-state index in [0.717, 1.165) is 27.4 Å². The van der Waals surface area contributed by atoms with E-state index < -0.39 is 0 Å². The average molecular weight is 307 g/mol. The number of benzene rings is 1. The zero-order valence-corrected chi connectivity index (χ0v) is 13.0. The van der Waals surface area contributed by atoms with Gasteiger partial charge in [-0.3, -0.25) is 0 Å². The molecule has 0 aliphatic rings. The fourth-order valence-electron chi connectivity index (χ4n) is 1.55. The minimum absolute atomic E-state index is 0.713. The maximum absolute atomic E-state index is 5.14. The summed E-state index contributed by atoms with van der Waals surface area (Å²) in [4.78, 5) is 0. The van der Waals surface area contributed by atoms with Crippen molar-refractivity contribution in [3.8, 4) is 5.75 Å². The lowest BCUT2D eigenvalue weighted by atomic mass is 10.2. The summed E-state index contributed by atoms with van der Waals surface area (Å²) in [5.41, 5.74) is 1.30. The summed E-state index contributed by atoms with van der Waals surface area (Å²) in [5, 5.41) is 12.2. The molecule has 0 aliphatic carbocycles. The van der Waals surface area contributed by atoms with Gasteiger partial charge in [0.15, 0.2) is 4.34 Å². The van der Waals surface area contributed by atoms with Gasteiger partial charge in [-0.1, -0.05) is 41.3 Å². The lowest BCUT2D eigenvalue weighted by molar-refractivity contribution is 0.414. The minimum Gasteiger partial charge on any atom is -0.497 e. The first-order chi connectivity index (χ1) is 9.81. The fourth-order valence-corrected chi connectivity index (χ4v) is 3.37. The summed E-state index contributed by atoms with van der Waals surface area (Å²) in [6, 6.07) is 8.16. The Bertz CT molecular complexity index is 540. The van der Waals surface area contributed by atoms with Gasteiger partial charge in [-0.15, -0.1) is 16.8 Å². The summed E-state index contributed by atoms with van der Waals surface area (Å²) in [6.45, 7) is 4.37. The van der Waals surface area contributed by atoms with Crippen LogP contribution in [-0.2, 0) is 6.42 Å². The Labute approximate surface area is 127 Å². The zero-order chi connectivity index (χ0) is 14.2. The maximum atomic E-state index is 5.14. The van der Waals surface area contributed by atoms with Crippen LogP contribution in [0.15, 0.2) is 41.3 Å². The van der Waals surface area contributed by atoms with Gasteiger partial charge in [-0.05, 0) is 24.1 Å². The number of anilines is 1. The number of aromatic nitrogens is 2. The van der Waals surface area contributed by atoms with Crippen molar-refractivity contribution in [2.24, 2.45) is 0 Å². The molecule has 2 rings (SSSR count). The van der Waals surface area contributed by atoms with Crippen LogP contribution in [0.3, 0.4) is 0 Å². The van der Waals surface area contributed by atoms with Crippen LogP contribution >= 0.6 is 23.1 Å². The van der Waals surface area contributed by atoms with E-state index in [1.54, 1.807) is 36.3 Å². The van der Waals surface area contributed by atoms with Crippen LogP contribution < -0.4 is 10.1 Å². The molecule has 0 atom stereocenters. The molecule has 0 radical (unpaired) electrons. The first kappa shape index (κ1) is 14.9. The van der Waals surface area contributed by atoms with E-state index in [9.17, 15) is 0 Å². The van der Waals surface area contributed by atoms with Crippen molar-refractivity contribution in [3.05, 3.63) is 42.5 Å². The monoisotopic (exact) mass is 307 g/mol. The SMILES string of the molecule is C=CCNc1nnc(SCCc2ccc(OC)cc2)s1. The van der Waals surface area contributed by atoms with Crippen molar-refractivity contribution >= 4 is 28.2 Å². The lowest BCUT2D eigenvalue weighted by Gasteiger charge is -2.02. The molecule has 0 amide bonds. The van der Waals surface area contributed by atoms with E-state index in [1.807, 2.05) is 12.1 Å². The van der Waals surface area contributed by atoms with Gasteiger partial charge >= 0.3 is 0 Å². The predicted molar refractivity (Wildman–Crippen MR) is 86.0 cm³/mol. The first-order valence-electron chi connectivity index (χ1n) is 6.26. The van der Waals surface area contributed by atoms with Crippen molar-refractivity contribution in [3.63, 3.8) is 0 Å². The minimum atomic E-state index is 0.713. The van der Waals surface area contributed by atoms with Crippen LogP contribution in [0, 0.1) is 0 Å². The van der Waals surface area contributed by atoms with E-state index in [1.165, 1.54) is 5.56 Å². The van der Waals surface area contributed by atoms with Crippen molar-refractivity contribution < 1.29 is 4.74 Å². The summed E-state index contributed by atoms with van der Waals surface area (Å²) in [6.07, 6.45) is 2.81. The first-order valence-corrected chi connectivity index (χ1v) is 8.06. The Morgan fingerprint density at radius 2 is 2.15 bits per heavy atom. The van der Waals surface area contributed by atoms with Gasteiger partial charge in [0.1, 0.15) is 5.75 Å². The number of nitrogens with one attached hydrogen (secondary N) is 1. The molecule has 6 heteroatoms. The Hall–Kier alpha value is -1.53. The molecule has 1 heterocycles. The molecule has 4 nitrogen and oxygen atoms in total. The third-order valence-electron chi connectivity index (χ3n) is 2.58. The second kappa shape index (κ2) is 7.91. The van der Waals surface area contributed by atoms with E-state index in [2.05, 4.69) is 34.2 Å². The van der Waals surface area contributed by atoms with Gasteiger partial charge in [0.05, 0.1) is 7.11 Å². The normalized spacial score (nSPS) is 10.2. The quantitative estimate of drug-likeness (QED) is 0.597. The highest BCUT2D eigenvalue weighted by atomic mass is 32.2. The number of thioether (sulfide) groups is 1. The molecule has 0 aliphatic heterocycles. The van der Waals surface area contributed by atoms with E-state index in [4.69, 9.17) is 4.74 Å². The third kappa shape index (κ3) is 4.54. The van der Waals surface area contributed by atoms with Crippen molar-refractivity contribution in [1.82, 2.24) is 10.2 Å². The van der Waals surface area contributed by atoms with Gasteiger partial charge in [0, 0.05) is 12.3 Å². The van der Waals surface area contributed by atoms with Crippen LogP contribution in [0.2, 0.25) is 0 Å². The molecule has 1 N–H and O–H groups in total. The molecule has 20 heavy (non-hydrogen) atoms. The van der Waals surface area contributed by atoms with Crippen molar-refractivity contribution in [1.29, 1.82) is 0 Å². The molecule has 106 valence electrons. The fraction of sp³-hybridized carbons (Fsp3) is 0.286. The number of hydrogen-bond acceptors (Lipinski definition) is 6. The summed E-state index contributed by atoms with van der Waals surface area (Å²) in [5.74, 6) is 1.88. The van der Waals surface area contributed by atoms with Gasteiger partial charge in [-0.25, -0.2) is 0 Å². The highest BCUT2D eigenvalue weighted by Crippen LogP contribution is 2.26. The van der Waals surface area contributed by atoms with E-state index >= 15 is 0 Å². The summed E-state index contributed by atoms with van der Waals surface area (Å²) >= 11 is 3.30. The maximum Gasteiger partial charge on any atom is 0.206 e. The van der Waals surface area contributed by atoms with E-state index in [0.29, 0.717) is 6.54 Å². The van der Waals surface area contributed by atoms with E-state index in [-0.39, 0.29) is 0 Å². The van der Waals surface area contributed by atoms with Crippen LogP contribution in [-0.4, -0.2) is 29.6 Å². The largest absolute Gasteiger partial charge is 0.497 e. The number of nitrogens with zero attached hydrogens (tertiary/aromatic N) is 2. The van der Waals surface area contributed by atoms with Gasteiger partial charge < -0.3 is 10.1 Å². The smallest absolute Gasteiger partial charge is 0.206 e. The zero-order valence-electron chi connectivity index (χ0n) is 11.3. The van der Waals surface area contributed by atoms with Crippen molar-refractivity contribution in [2.45, 2.75) is 10.8 Å². The number of hydrogen-bond donors (Lipinski definition) is 1. The molecule has 1 aromatic carbocycles. The number of aryl methyl sites for hydroxylation is 1. The third-order valence-corrected chi connectivity index (χ3v) is 4.60. The topological polar surface area (TPSA) is 47.0 Å².